The van der Waals surface area contributed by atoms with Gasteiger partial charge in [0, 0.05) is 27.1 Å². The van der Waals surface area contributed by atoms with E-state index < -0.39 is 17.3 Å². The summed E-state index contributed by atoms with van der Waals surface area (Å²) in [7, 11) is 0. The Kier molecular flexibility index (Phi) is 5.24. The first-order valence-electron chi connectivity index (χ1n) is 6.73. The van der Waals surface area contributed by atoms with E-state index in [0.717, 1.165) is 9.86 Å². The Morgan fingerprint density at radius 2 is 2.22 bits per heavy atom. The van der Waals surface area contributed by atoms with Gasteiger partial charge in [-0.1, -0.05) is 22.9 Å². The van der Waals surface area contributed by atoms with Crippen LogP contribution in [0.2, 0.25) is 0 Å². The summed E-state index contributed by atoms with van der Waals surface area (Å²) >= 11 is 8.75. The number of hydrogen-bond donors (Lipinski definition) is 1. The largest absolute Gasteiger partial charge is 0.480 e. The number of nitriles is 1. The van der Waals surface area contributed by atoms with Crippen LogP contribution in [0.15, 0.2) is 34.4 Å². The lowest BCUT2D eigenvalue weighted by Crippen LogP contribution is -2.17. The predicted molar refractivity (Wildman–Crippen MR) is 91.1 cm³/mol. The van der Waals surface area contributed by atoms with Crippen molar-refractivity contribution in [3.8, 4) is 6.07 Å². The maximum absolute atomic E-state index is 11.5. The fraction of sp³-hybridized carbons (Fsp3) is 0.188. The molecule has 0 spiro atoms. The summed E-state index contributed by atoms with van der Waals surface area (Å²) in [4.78, 5) is 22.7. The molecule has 1 atom stereocenters. The zero-order valence-corrected chi connectivity index (χ0v) is 14.4. The van der Waals surface area contributed by atoms with Crippen molar-refractivity contribution >= 4 is 55.7 Å². The molecule has 1 aromatic carbocycles. The Morgan fingerprint density at radius 3 is 2.74 bits per heavy atom. The summed E-state index contributed by atoms with van der Waals surface area (Å²) < 4.78 is 2.43. The first-order valence-corrected chi connectivity index (χ1v) is 7.90. The highest BCUT2D eigenvalue weighted by atomic mass is 79.9. The minimum Gasteiger partial charge on any atom is -0.480 e. The number of carboxylic acid groups (broad SMARTS) is 1. The first-order chi connectivity index (χ1) is 10.9. The number of hydrogen-bond acceptors (Lipinski definition) is 3. The molecule has 2 rings (SSSR count). The van der Waals surface area contributed by atoms with E-state index in [1.165, 1.54) is 6.08 Å². The minimum atomic E-state index is -0.947. The molecule has 0 saturated heterocycles. The van der Waals surface area contributed by atoms with Crippen molar-refractivity contribution in [3.63, 3.8) is 0 Å². The molecule has 0 aliphatic carbocycles. The summed E-state index contributed by atoms with van der Waals surface area (Å²) in [5.74, 6) is -0.947. The maximum atomic E-state index is 11.5. The van der Waals surface area contributed by atoms with Gasteiger partial charge >= 0.3 is 5.97 Å². The molecule has 118 valence electrons. The molecule has 1 heterocycles. The number of rotatable bonds is 5. The fourth-order valence-electron chi connectivity index (χ4n) is 2.41. The number of aromatic nitrogens is 1. The summed E-state index contributed by atoms with van der Waals surface area (Å²) in [6.45, 7) is 1.78. The standard InChI is InChI=1S/C16H12BrClN2O3/c1-2-13(16(22)23)20-8-10(5-9(7-19)15(18)21)12-6-11(17)3-4-14(12)20/h3-6,8,13H,2H2,1H3,(H,22,23). The molecule has 5 nitrogen and oxygen atoms in total. The zero-order valence-electron chi connectivity index (χ0n) is 12.1. The Morgan fingerprint density at radius 1 is 1.52 bits per heavy atom. The molecule has 1 aromatic heterocycles. The van der Waals surface area contributed by atoms with Crippen LogP contribution in [-0.4, -0.2) is 20.9 Å². The summed E-state index contributed by atoms with van der Waals surface area (Å²) in [6.07, 6.45) is 3.39. The van der Waals surface area contributed by atoms with Crippen LogP contribution >= 0.6 is 27.5 Å². The number of aliphatic carboxylic acids is 1. The number of benzene rings is 1. The highest BCUT2D eigenvalue weighted by Gasteiger charge is 2.21. The number of halogens is 2. The summed E-state index contributed by atoms with van der Waals surface area (Å²) in [5.41, 5.74) is 1.06. The van der Waals surface area contributed by atoms with E-state index in [9.17, 15) is 14.7 Å². The lowest BCUT2D eigenvalue weighted by molar-refractivity contribution is -0.140. The van der Waals surface area contributed by atoms with Crippen LogP contribution in [0.3, 0.4) is 0 Å². The third-order valence-electron chi connectivity index (χ3n) is 3.47. The molecule has 0 amide bonds. The molecule has 0 bridgehead atoms. The summed E-state index contributed by atoms with van der Waals surface area (Å²) in [5, 5.41) is 18.3. The normalized spacial score (nSPS) is 12.9. The molecular weight excluding hydrogens is 384 g/mol. The smallest absolute Gasteiger partial charge is 0.326 e. The average Bonchev–Trinajstić information content (AvgIpc) is 2.82. The Balaban J connectivity index is 2.76. The van der Waals surface area contributed by atoms with E-state index in [-0.39, 0.29) is 5.57 Å². The predicted octanol–water partition coefficient (Wildman–Crippen LogP) is 4.11. The van der Waals surface area contributed by atoms with Gasteiger partial charge in [0.15, 0.2) is 0 Å². The number of carbonyl (C=O) groups excluding carboxylic acids is 1. The zero-order chi connectivity index (χ0) is 17.1. The van der Waals surface area contributed by atoms with Gasteiger partial charge in [0.1, 0.15) is 17.7 Å². The topological polar surface area (TPSA) is 83.1 Å². The number of carbonyl (C=O) groups is 2. The van der Waals surface area contributed by atoms with Crippen LogP contribution in [0.25, 0.3) is 17.0 Å². The number of allylic oxidation sites excluding steroid dienone is 1. The van der Waals surface area contributed by atoms with Crippen molar-refractivity contribution in [3.05, 3.63) is 40.0 Å². The quantitative estimate of drug-likeness (QED) is 0.469. The highest BCUT2D eigenvalue weighted by molar-refractivity contribution is 9.10. The van der Waals surface area contributed by atoms with Crippen molar-refractivity contribution in [2.45, 2.75) is 19.4 Å². The molecule has 0 aliphatic heterocycles. The van der Waals surface area contributed by atoms with Crippen molar-refractivity contribution in [1.29, 1.82) is 5.26 Å². The van der Waals surface area contributed by atoms with Gasteiger partial charge in [-0.15, -0.1) is 0 Å². The van der Waals surface area contributed by atoms with Gasteiger partial charge in [0.25, 0.3) is 5.24 Å². The highest BCUT2D eigenvalue weighted by Crippen LogP contribution is 2.30. The van der Waals surface area contributed by atoms with Crippen LogP contribution in [0.1, 0.15) is 24.9 Å². The third-order valence-corrected chi connectivity index (χ3v) is 4.16. The Bertz CT molecular complexity index is 864. The summed E-state index contributed by atoms with van der Waals surface area (Å²) in [6, 6.07) is 6.41. The molecule has 23 heavy (non-hydrogen) atoms. The van der Waals surface area contributed by atoms with Gasteiger partial charge in [-0.3, -0.25) is 4.79 Å². The van der Waals surface area contributed by atoms with E-state index in [1.54, 1.807) is 42.0 Å². The molecule has 7 heteroatoms. The fourth-order valence-corrected chi connectivity index (χ4v) is 2.86. The van der Waals surface area contributed by atoms with Gasteiger partial charge < -0.3 is 9.67 Å². The van der Waals surface area contributed by atoms with Crippen LogP contribution in [-0.2, 0) is 9.59 Å². The molecule has 0 fully saturated rings. The Hall–Kier alpha value is -2.10. The van der Waals surface area contributed by atoms with E-state index in [4.69, 9.17) is 16.9 Å². The van der Waals surface area contributed by atoms with Crippen molar-refractivity contribution < 1.29 is 14.7 Å². The molecule has 1 unspecified atom stereocenters. The Labute approximate surface area is 145 Å². The van der Waals surface area contributed by atoms with E-state index in [0.29, 0.717) is 17.5 Å². The van der Waals surface area contributed by atoms with Gasteiger partial charge in [-0.2, -0.15) is 5.26 Å². The lowest BCUT2D eigenvalue weighted by Gasteiger charge is -2.13. The van der Waals surface area contributed by atoms with Gasteiger partial charge in [0.2, 0.25) is 0 Å². The average molecular weight is 396 g/mol. The second-order valence-corrected chi connectivity index (χ2v) is 6.12. The number of carboxylic acids is 1. The number of nitrogens with zero attached hydrogens (tertiary/aromatic N) is 2. The molecule has 0 saturated carbocycles. The van der Waals surface area contributed by atoms with Crippen LogP contribution in [0.4, 0.5) is 0 Å². The van der Waals surface area contributed by atoms with Crippen molar-refractivity contribution in [2.24, 2.45) is 0 Å². The van der Waals surface area contributed by atoms with Crippen LogP contribution in [0, 0.1) is 11.3 Å². The van der Waals surface area contributed by atoms with Gasteiger partial charge in [0.05, 0.1) is 0 Å². The SMILES string of the molecule is CCC(C(=O)O)n1cc(C=C(C#N)C(=O)Cl)c2cc(Br)ccc21. The van der Waals surface area contributed by atoms with E-state index in [2.05, 4.69) is 15.9 Å². The molecule has 1 N–H and O–H groups in total. The van der Waals surface area contributed by atoms with Gasteiger partial charge in [-0.25, -0.2) is 4.79 Å². The van der Waals surface area contributed by atoms with Crippen molar-refractivity contribution in [1.82, 2.24) is 4.57 Å². The van der Waals surface area contributed by atoms with E-state index >= 15 is 0 Å². The second kappa shape index (κ2) is 6.99. The monoisotopic (exact) mass is 394 g/mol. The number of fused-ring (bicyclic) bond motifs is 1. The third kappa shape index (κ3) is 3.46. The minimum absolute atomic E-state index is 0.200. The lowest BCUT2D eigenvalue weighted by atomic mass is 10.1. The van der Waals surface area contributed by atoms with Gasteiger partial charge in [-0.05, 0) is 42.3 Å². The molecule has 0 radical (unpaired) electrons. The van der Waals surface area contributed by atoms with Crippen LogP contribution in [0.5, 0.6) is 0 Å². The first kappa shape index (κ1) is 17.3. The molecule has 2 aromatic rings. The second-order valence-electron chi connectivity index (χ2n) is 4.86. The van der Waals surface area contributed by atoms with Crippen molar-refractivity contribution in [2.75, 3.05) is 0 Å². The molecular formula is C16H12BrClN2O3. The van der Waals surface area contributed by atoms with Crippen LogP contribution < -0.4 is 0 Å². The molecule has 0 aliphatic rings. The maximum Gasteiger partial charge on any atom is 0.326 e. The van der Waals surface area contributed by atoms with E-state index in [1.807, 2.05) is 0 Å².